The smallest absolute Gasteiger partial charge is 0.228 e. The number of ether oxygens (including phenoxy) is 1. The molecular formula is C13H13ClN2O2. The summed E-state index contributed by atoms with van der Waals surface area (Å²) in [5.74, 6) is 1.04. The van der Waals surface area contributed by atoms with Crippen LogP contribution in [-0.2, 0) is 7.05 Å². The van der Waals surface area contributed by atoms with E-state index < -0.39 is 0 Å². The lowest BCUT2D eigenvalue weighted by Crippen LogP contribution is -1.97. The SMILES string of the molecule is Cc1ccc(Cl)cc1Oc1c(C=O)c(C)nn1C. The summed E-state index contributed by atoms with van der Waals surface area (Å²) in [6.07, 6.45) is 0.748. The van der Waals surface area contributed by atoms with Gasteiger partial charge >= 0.3 is 0 Å². The summed E-state index contributed by atoms with van der Waals surface area (Å²) < 4.78 is 7.29. The Morgan fingerprint density at radius 3 is 2.78 bits per heavy atom. The van der Waals surface area contributed by atoms with Crippen LogP contribution in [0.3, 0.4) is 0 Å². The van der Waals surface area contributed by atoms with Gasteiger partial charge in [-0.1, -0.05) is 17.7 Å². The van der Waals surface area contributed by atoms with E-state index in [9.17, 15) is 4.79 Å². The molecule has 0 spiro atoms. The highest BCUT2D eigenvalue weighted by molar-refractivity contribution is 6.30. The number of carbonyl (C=O) groups excluding carboxylic acids is 1. The first-order chi connectivity index (χ1) is 8.52. The lowest BCUT2D eigenvalue weighted by atomic mass is 10.2. The van der Waals surface area contributed by atoms with Gasteiger partial charge in [0.15, 0.2) is 6.29 Å². The zero-order valence-electron chi connectivity index (χ0n) is 10.4. The van der Waals surface area contributed by atoms with Crippen molar-refractivity contribution in [3.8, 4) is 11.6 Å². The minimum atomic E-state index is 0.424. The maximum absolute atomic E-state index is 11.0. The maximum Gasteiger partial charge on any atom is 0.228 e. The van der Waals surface area contributed by atoms with Gasteiger partial charge in [-0.3, -0.25) is 4.79 Å². The van der Waals surface area contributed by atoms with E-state index in [1.807, 2.05) is 13.0 Å². The van der Waals surface area contributed by atoms with Gasteiger partial charge in [0.05, 0.1) is 11.3 Å². The number of benzene rings is 1. The predicted octanol–water partition coefficient (Wildman–Crippen LogP) is 3.30. The van der Waals surface area contributed by atoms with Gasteiger partial charge in [0, 0.05) is 12.1 Å². The number of aromatic nitrogens is 2. The Labute approximate surface area is 110 Å². The van der Waals surface area contributed by atoms with Crippen LogP contribution in [-0.4, -0.2) is 16.1 Å². The summed E-state index contributed by atoms with van der Waals surface area (Å²) in [4.78, 5) is 11.0. The average Bonchev–Trinajstić information content (AvgIpc) is 2.58. The lowest BCUT2D eigenvalue weighted by Gasteiger charge is -2.09. The molecule has 18 heavy (non-hydrogen) atoms. The molecule has 0 unspecified atom stereocenters. The molecule has 2 aromatic rings. The predicted molar refractivity (Wildman–Crippen MR) is 69.6 cm³/mol. The molecule has 5 heteroatoms. The molecule has 0 N–H and O–H groups in total. The molecule has 0 aliphatic carbocycles. The molecular weight excluding hydrogens is 252 g/mol. The quantitative estimate of drug-likeness (QED) is 0.799. The second kappa shape index (κ2) is 4.82. The van der Waals surface area contributed by atoms with Crippen molar-refractivity contribution in [2.75, 3.05) is 0 Å². The fourth-order valence-electron chi connectivity index (χ4n) is 1.70. The number of aldehydes is 1. The molecule has 1 aromatic heterocycles. The number of carbonyl (C=O) groups is 1. The van der Waals surface area contributed by atoms with Crippen molar-refractivity contribution in [2.24, 2.45) is 7.05 Å². The number of halogens is 1. The van der Waals surface area contributed by atoms with Crippen LogP contribution in [0.1, 0.15) is 21.6 Å². The third-order valence-corrected chi connectivity index (χ3v) is 2.92. The van der Waals surface area contributed by atoms with E-state index in [4.69, 9.17) is 16.3 Å². The Hall–Kier alpha value is -1.81. The van der Waals surface area contributed by atoms with E-state index in [1.54, 1.807) is 30.8 Å². The van der Waals surface area contributed by atoms with E-state index in [1.165, 1.54) is 0 Å². The average molecular weight is 265 g/mol. The van der Waals surface area contributed by atoms with Crippen molar-refractivity contribution in [3.63, 3.8) is 0 Å². The van der Waals surface area contributed by atoms with Gasteiger partial charge in [-0.25, -0.2) is 4.68 Å². The van der Waals surface area contributed by atoms with Crippen molar-refractivity contribution < 1.29 is 9.53 Å². The standard InChI is InChI=1S/C13H13ClN2O2/c1-8-4-5-10(14)6-12(8)18-13-11(7-17)9(2)15-16(13)3/h4-7H,1-3H3. The summed E-state index contributed by atoms with van der Waals surface area (Å²) in [5.41, 5.74) is 2.04. The molecule has 0 aliphatic heterocycles. The minimum Gasteiger partial charge on any atom is -0.438 e. The largest absolute Gasteiger partial charge is 0.438 e. The van der Waals surface area contributed by atoms with Crippen LogP contribution in [0.15, 0.2) is 18.2 Å². The summed E-state index contributed by atoms with van der Waals surface area (Å²) in [6, 6.07) is 5.37. The topological polar surface area (TPSA) is 44.1 Å². The fraction of sp³-hybridized carbons (Fsp3) is 0.231. The van der Waals surface area contributed by atoms with Crippen molar-refractivity contribution in [1.82, 2.24) is 9.78 Å². The van der Waals surface area contributed by atoms with Gasteiger partial charge in [-0.15, -0.1) is 0 Å². The maximum atomic E-state index is 11.0. The number of rotatable bonds is 3. The number of aryl methyl sites for hydroxylation is 3. The summed E-state index contributed by atoms with van der Waals surface area (Å²) in [5, 5.41) is 4.74. The molecule has 0 atom stereocenters. The first-order valence-corrected chi connectivity index (χ1v) is 5.83. The first-order valence-electron chi connectivity index (χ1n) is 5.45. The molecule has 1 heterocycles. The van der Waals surface area contributed by atoms with Crippen LogP contribution in [0.5, 0.6) is 11.6 Å². The van der Waals surface area contributed by atoms with Gasteiger partial charge in [0.25, 0.3) is 0 Å². The van der Waals surface area contributed by atoms with Crippen LogP contribution in [0.25, 0.3) is 0 Å². The molecule has 0 amide bonds. The highest BCUT2D eigenvalue weighted by Gasteiger charge is 2.15. The van der Waals surface area contributed by atoms with E-state index in [-0.39, 0.29) is 0 Å². The molecule has 94 valence electrons. The van der Waals surface area contributed by atoms with Gasteiger partial charge in [0.1, 0.15) is 5.75 Å². The van der Waals surface area contributed by atoms with Gasteiger partial charge in [-0.2, -0.15) is 5.10 Å². The number of nitrogens with zero attached hydrogens (tertiary/aromatic N) is 2. The normalized spacial score (nSPS) is 10.4. The molecule has 1 aromatic carbocycles. The molecule has 0 radical (unpaired) electrons. The first kappa shape index (κ1) is 12.6. The molecule has 4 nitrogen and oxygen atoms in total. The van der Waals surface area contributed by atoms with Gasteiger partial charge < -0.3 is 4.74 Å². The lowest BCUT2D eigenvalue weighted by molar-refractivity contribution is 0.112. The summed E-state index contributed by atoms with van der Waals surface area (Å²) >= 11 is 5.93. The highest BCUT2D eigenvalue weighted by Crippen LogP contribution is 2.30. The van der Waals surface area contributed by atoms with E-state index in [0.717, 1.165) is 11.8 Å². The highest BCUT2D eigenvalue weighted by atomic mass is 35.5. The van der Waals surface area contributed by atoms with Gasteiger partial charge in [0.2, 0.25) is 5.88 Å². The van der Waals surface area contributed by atoms with Crippen molar-refractivity contribution in [3.05, 3.63) is 40.0 Å². The molecule has 0 aliphatic rings. The second-order valence-electron chi connectivity index (χ2n) is 4.06. The van der Waals surface area contributed by atoms with Crippen molar-refractivity contribution in [1.29, 1.82) is 0 Å². The molecule has 0 saturated carbocycles. The van der Waals surface area contributed by atoms with E-state index in [0.29, 0.717) is 27.9 Å². The minimum absolute atomic E-state index is 0.424. The fourth-order valence-corrected chi connectivity index (χ4v) is 1.86. The van der Waals surface area contributed by atoms with Crippen LogP contribution in [0, 0.1) is 13.8 Å². The van der Waals surface area contributed by atoms with Crippen molar-refractivity contribution >= 4 is 17.9 Å². The van der Waals surface area contributed by atoms with Crippen LogP contribution >= 0.6 is 11.6 Å². The monoisotopic (exact) mass is 264 g/mol. The Bertz CT molecular complexity index is 605. The van der Waals surface area contributed by atoms with Crippen LogP contribution in [0.4, 0.5) is 0 Å². The zero-order valence-corrected chi connectivity index (χ0v) is 11.2. The molecule has 0 bridgehead atoms. The summed E-state index contributed by atoms with van der Waals surface area (Å²) in [7, 11) is 1.73. The number of hydrogen-bond acceptors (Lipinski definition) is 3. The molecule has 0 fully saturated rings. The third-order valence-electron chi connectivity index (χ3n) is 2.69. The van der Waals surface area contributed by atoms with Gasteiger partial charge in [-0.05, 0) is 31.5 Å². The van der Waals surface area contributed by atoms with E-state index >= 15 is 0 Å². The Morgan fingerprint density at radius 2 is 2.11 bits per heavy atom. The zero-order chi connectivity index (χ0) is 13.3. The Kier molecular flexibility index (Phi) is 3.39. The Morgan fingerprint density at radius 1 is 1.39 bits per heavy atom. The number of hydrogen-bond donors (Lipinski definition) is 0. The van der Waals surface area contributed by atoms with Crippen molar-refractivity contribution in [2.45, 2.75) is 13.8 Å². The van der Waals surface area contributed by atoms with Crippen LogP contribution in [0.2, 0.25) is 5.02 Å². The second-order valence-corrected chi connectivity index (χ2v) is 4.49. The Balaban J connectivity index is 2.45. The van der Waals surface area contributed by atoms with E-state index in [2.05, 4.69) is 5.10 Å². The molecule has 0 saturated heterocycles. The molecule has 2 rings (SSSR count). The summed E-state index contributed by atoms with van der Waals surface area (Å²) in [6.45, 7) is 3.68. The third kappa shape index (κ3) is 2.24. The van der Waals surface area contributed by atoms with Crippen LogP contribution < -0.4 is 4.74 Å².